The Morgan fingerprint density at radius 2 is 1.74 bits per heavy atom. The average Bonchev–Trinajstić information content (AvgIpc) is 2.90. The van der Waals surface area contributed by atoms with Crippen LogP contribution in [0.15, 0.2) is 33.9 Å². The van der Waals surface area contributed by atoms with E-state index < -0.39 is 11.2 Å². The maximum absolute atomic E-state index is 12.3. The van der Waals surface area contributed by atoms with Crippen molar-refractivity contribution in [1.82, 2.24) is 14.0 Å². The first kappa shape index (κ1) is 19.2. The van der Waals surface area contributed by atoms with Gasteiger partial charge in [0.2, 0.25) is 0 Å². The number of anilines is 1. The summed E-state index contributed by atoms with van der Waals surface area (Å²) in [4.78, 5) is 28.9. The molecule has 0 atom stereocenters. The Kier molecular flexibility index (Phi) is 5.68. The van der Waals surface area contributed by atoms with Crippen LogP contribution in [0.2, 0.25) is 5.02 Å². The maximum Gasteiger partial charge on any atom is 0.332 e. The molecule has 0 unspecified atom stereocenters. The summed E-state index contributed by atoms with van der Waals surface area (Å²) in [6, 6.07) is 9.79. The van der Waals surface area contributed by atoms with Gasteiger partial charge in [-0.1, -0.05) is 23.7 Å². The zero-order valence-corrected chi connectivity index (χ0v) is 16.2. The molecular formula is C19H22ClN5O2. The number of hydrogen-bond acceptors (Lipinski definition) is 5. The van der Waals surface area contributed by atoms with Crippen LogP contribution in [0.3, 0.4) is 0 Å². The van der Waals surface area contributed by atoms with E-state index in [0.29, 0.717) is 18.9 Å². The molecule has 2 aromatic rings. The van der Waals surface area contributed by atoms with E-state index in [4.69, 9.17) is 11.6 Å². The number of nitriles is 1. The summed E-state index contributed by atoms with van der Waals surface area (Å²) in [7, 11) is 3.00. The standard InChI is InChI=1S/C19H22ClN5O2/c1-22-17(16(12-21)18(26)23(2)19(22)27)25-9-3-8-24(10-11-25)13-14-4-6-15(20)7-5-14/h4-7H,3,8-11,13H2,1-2H3. The van der Waals surface area contributed by atoms with Crippen LogP contribution in [-0.2, 0) is 20.6 Å². The lowest BCUT2D eigenvalue weighted by Crippen LogP contribution is -2.43. The molecule has 1 aliphatic heterocycles. The molecule has 8 heteroatoms. The van der Waals surface area contributed by atoms with Crippen molar-refractivity contribution in [1.29, 1.82) is 5.26 Å². The van der Waals surface area contributed by atoms with Gasteiger partial charge in [-0.15, -0.1) is 0 Å². The van der Waals surface area contributed by atoms with E-state index in [2.05, 4.69) is 4.90 Å². The molecule has 1 saturated heterocycles. The van der Waals surface area contributed by atoms with E-state index in [0.717, 1.165) is 35.6 Å². The fraction of sp³-hybridized carbons (Fsp3) is 0.421. The van der Waals surface area contributed by atoms with Gasteiger partial charge in [-0.25, -0.2) is 4.79 Å². The fourth-order valence-electron chi connectivity index (χ4n) is 3.49. The topological polar surface area (TPSA) is 74.3 Å². The molecule has 0 saturated carbocycles. The van der Waals surface area contributed by atoms with E-state index in [-0.39, 0.29) is 5.56 Å². The van der Waals surface area contributed by atoms with Crippen LogP contribution in [0, 0.1) is 11.3 Å². The lowest BCUT2D eigenvalue weighted by molar-refractivity contribution is 0.285. The highest BCUT2D eigenvalue weighted by molar-refractivity contribution is 6.30. The van der Waals surface area contributed by atoms with Crippen molar-refractivity contribution >= 4 is 17.4 Å². The van der Waals surface area contributed by atoms with Gasteiger partial charge in [0.1, 0.15) is 11.9 Å². The number of halogens is 1. The zero-order valence-electron chi connectivity index (χ0n) is 15.5. The van der Waals surface area contributed by atoms with E-state index >= 15 is 0 Å². The summed E-state index contributed by atoms with van der Waals surface area (Å²) in [5, 5.41) is 10.2. The van der Waals surface area contributed by atoms with Crippen LogP contribution in [0.25, 0.3) is 0 Å². The van der Waals surface area contributed by atoms with Crippen LogP contribution in [-0.4, -0.2) is 40.2 Å². The third-order valence-corrected chi connectivity index (χ3v) is 5.20. The van der Waals surface area contributed by atoms with Crippen LogP contribution in [0.1, 0.15) is 17.5 Å². The Morgan fingerprint density at radius 3 is 2.41 bits per heavy atom. The second kappa shape index (κ2) is 7.99. The molecule has 1 aromatic heterocycles. The van der Waals surface area contributed by atoms with Crippen molar-refractivity contribution < 1.29 is 0 Å². The minimum absolute atomic E-state index is 0.0192. The van der Waals surface area contributed by atoms with Gasteiger partial charge in [0.25, 0.3) is 5.56 Å². The predicted octanol–water partition coefficient (Wildman–Crippen LogP) is 1.32. The summed E-state index contributed by atoms with van der Waals surface area (Å²) in [5.74, 6) is 0.416. The Bertz CT molecular complexity index is 987. The van der Waals surface area contributed by atoms with Gasteiger partial charge in [0, 0.05) is 51.8 Å². The summed E-state index contributed by atoms with van der Waals surface area (Å²) in [6.07, 6.45) is 0.877. The van der Waals surface area contributed by atoms with Crippen molar-refractivity contribution in [3.05, 3.63) is 61.3 Å². The van der Waals surface area contributed by atoms with Gasteiger partial charge < -0.3 is 4.90 Å². The van der Waals surface area contributed by atoms with E-state index in [1.54, 1.807) is 7.05 Å². The lowest BCUT2D eigenvalue weighted by atomic mass is 10.2. The number of rotatable bonds is 3. The number of aromatic nitrogens is 2. The normalized spacial score (nSPS) is 15.4. The summed E-state index contributed by atoms with van der Waals surface area (Å²) in [5.41, 5.74) is 0.242. The van der Waals surface area contributed by atoms with Crippen LogP contribution in [0.5, 0.6) is 0 Å². The minimum atomic E-state index is -0.544. The second-order valence-corrected chi connectivity index (χ2v) is 7.20. The molecule has 7 nitrogen and oxygen atoms in total. The molecular weight excluding hydrogens is 366 g/mol. The van der Waals surface area contributed by atoms with E-state index in [9.17, 15) is 14.9 Å². The Labute approximate surface area is 162 Å². The molecule has 1 fully saturated rings. The lowest BCUT2D eigenvalue weighted by Gasteiger charge is -2.26. The van der Waals surface area contributed by atoms with Crippen LogP contribution in [0.4, 0.5) is 5.82 Å². The molecule has 0 radical (unpaired) electrons. The third-order valence-electron chi connectivity index (χ3n) is 4.95. The van der Waals surface area contributed by atoms with Gasteiger partial charge >= 0.3 is 5.69 Å². The van der Waals surface area contributed by atoms with Crippen LogP contribution < -0.4 is 16.1 Å². The number of benzene rings is 1. The Morgan fingerprint density at radius 1 is 1.04 bits per heavy atom. The smallest absolute Gasteiger partial charge is 0.332 e. The highest BCUT2D eigenvalue weighted by Crippen LogP contribution is 2.18. The van der Waals surface area contributed by atoms with Crippen molar-refractivity contribution in [2.45, 2.75) is 13.0 Å². The minimum Gasteiger partial charge on any atom is -0.355 e. The fourth-order valence-corrected chi connectivity index (χ4v) is 3.62. The van der Waals surface area contributed by atoms with E-state index in [1.165, 1.54) is 17.2 Å². The molecule has 0 bridgehead atoms. The summed E-state index contributed by atoms with van der Waals surface area (Å²) in [6.45, 7) is 3.82. The number of nitrogens with zero attached hydrogens (tertiary/aromatic N) is 5. The first-order chi connectivity index (χ1) is 12.9. The van der Waals surface area contributed by atoms with Gasteiger partial charge in [-0.05, 0) is 24.1 Å². The maximum atomic E-state index is 12.3. The van der Waals surface area contributed by atoms with Gasteiger partial charge in [-0.2, -0.15) is 5.26 Å². The molecule has 1 aliphatic rings. The Balaban J connectivity index is 1.83. The largest absolute Gasteiger partial charge is 0.355 e. The van der Waals surface area contributed by atoms with Gasteiger partial charge in [0.05, 0.1) is 0 Å². The van der Waals surface area contributed by atoms with Crippen molar-refractivity contribution in [3.63, 3.8) is 0 Å². The van der Waals surface area contributed by atoms with E-state index in [1.807, 2.05) is 35.2 Å². The first-order valence-electron chi connectivity index (χ1n) is 8.84. The van der Waals surface area contributed by atoms with Gasteiger partial charge in [-0.3, -0.25) is 18.8 Å². The monoisotopic (exact) mass is 387 g/mol. The average molecular weight is 388 g/mol. The molecule has 2 heterocycles. The highest BCUT2D eigenvalue weighted by Gasteiger charge is 2.23. The Hall–Kier alpha value is -2.56. The van der Waals surface area contributed by atoms with Crippen molar-refractivity contribution in [3.8, 4) is 6.07 Å². The molecule has 3 rings (SSSR count). The summed E-state index contributed by atoms with van der Waals surface area (Å²) >= 11 is 5.95. The number of hydrogen-bond donors (Lipinski definition) is 0. The molecule has 27 heavy (non-hydrogen) atoms. The van der Waals surface area contributed by atoms with Crippen LogP contribution >= 0.6 is 11.6 Å². The predicted molar refractivity (Wildman–Crippen MR) is 105 cm³/mol. The first-order valence-corrected chi connectivity index (χ1v) is 9.22. The third kappa shape index (κ3) is 3.92. The summed E-state index contributed by atoms with van der Waals surface area (Å²) < 4.78 is 2.38. The zero-order chi connectivity index (χ0) is 19.6. The van der Waals surface area contributed by atoms with Gasteiger partial charge in [0.15, 0.2) is 5.56 Å². The molecule has 0 amide bonds. The SMILES string of the molecule is Cn1c(N2CCCN(Cc3ccc(Cl)cc3)CC2)c(C#N)c(=O)n(C)c1=O. The molecule has 0 spiro atoms. The molecule has 1 aromatic carbocycles. The molecule has 142 valence electrons. The van der Waals surface area contributed by atoms with Crippen molar-refractivity contribution in [2.75, 3.05) is 31.1 Å². The quantitative estimate of drug-likeness (QED) is 0.794. The second-order valence-electron chi connectivity index (χ2n) is 6.76. The van der Waals surface area contributed by atoms with Crippen molar-refractivity contribution in [2.24, 2.45) is 14.1 Å². The molecule has 0 N–H and O–H groups in total. The highest BCUT2D eigenvalue weighted by atomic mass is 35.5. The molecule has 0 aliphatic carbocycles.